The van der Waals surface area contributed by atoms with Crippen molar-refractivity contribution in [1.82, 2.24) is 0 Å². The SMILES string of the molecule is CCc1ccc(C2(N)CCCC(C(C)C)C2)cc1. The molecule has 18 heavy (non-hydrogen) atoms. The molecule has 0 heterocycles. The zero-order valence-electron chi connectivity index (χ0n) is 12.1. The van der Waals surface area contributed by atoms with Crippen molar-refractivity contribution in [1.29, 1.82) is 0 Å². The molecule has 1 aliphatic rings. The van der Waals surface area contributed by atoms with Gasteiger partial charge in [0.2, 0.25) is 0 Å². The summed E-state index contributed by atoms with van der Waals surface area (Å²) in [5, 5.41) is 0. The maximum absolute atomic E-state index is 6.70. The summed E-state index contributed by atoms with van der Waals surface area (Å²) in [5.74, 6) is 1.54. The maximum Gasteiger partial charge on any atom is 0.0412 e. The van der Waals surface area contributed by atoms with E-state index in [-0.39, 0.29) is 5.54 Å². The topological polar surface area (TPSA) is 26.0 Å². The van der Waals surface area contributed by atoms with Crippen LogP contribution in [0.15, 0.2) is 24.3 Å². The molecule has 2 N–H and O–H groups in total. The maximum atomic E-state index is 6.70. The molecule has 1 fully saturated rings. The van der Waals surface area contributed by atoms with Gasteiger partial charge in [0.25, 0.3) is 0 Å². The van der Waals surface area contributed by atoms with Crippen LogP contribution in [-0.2, 0) is 12.0 Å². The summed E-state index contributed by atoms with van der Waals surface area (Å²) in [6, 6.07) is 8.98. The fraction of sp³-hybridized carbons (Fsp3) is 0.647. The summed E-state index contributed by atoms with van der Waals surface area (Å²) in [6.07, 6.45) is 6.02. The van der Waals surface area contributed by atoms with Crippen molar-refractivity contribution in [2.24, 2.45) is 17.6 Å². The average Bonchev–Trinajstić information content (AvgIpc) is 2.39. The summed E-state index contributed by atoms with van der Waals surface area (Å²) in [5.41, 5.74) is 9.36. The van der Waals surface area contributed by atoms with Crippen molar-refractivity contribution < 1.29 is 0 Å². The second kappa shape index (κ2) is 5.44. The normalized spacial score (nSPS) is 28.6. The molecule has 1 saturated carbocycles. The van der Waals surface area contributed by atoms with Gasteiger partial charge in [-0.25, -0.2) is 0 Å². The summed E-state index contributed by atoms with van der Waals surface area (Å²) in [4.78, 5) is 0. The Morgan fingerprint density at radius 3 is 2.50 bits per heavy atom. The van der Waals surface area contributed by atoms with Gasteiger partial charge in [0.15, 0.2) is 0 Å². The Hall–Kier alpha value is -0.820. The molecular weight excluding hydrogens is 218 g/mol. The van der Waals surface area contributed by atoms with E-state index in [0.717, 1.165) is 31.1 Å². The molecule has 0 radical (unpaired) electrons. The fourth-order valence-corrected chi connectivity index (χ4v) is 3.26. The first-order valence-corrected chi connectivity index (χ1v) is 7.43. The number of hydrogen-bond acceptors (Lipinski definition) is 1. The predicted molar refractivity (Wildman–Crippen MR) is 78.5 cm³/mol. The zero-order chi connectivity index (χ0) is 13.2. The van der Waals surface area contributed by atoms with Crippen LogP contribution < -0.4 is 5.73 Å². The third-order valence-electron chi connectivity index (χ3n) is 4.70. The first-order chi connectivity index (χ1) is 8.55. The highest BCUT2D eigenvalue weighted by atomic mass is 14.8. The quantitative estimate of drug-likeness (QED) is 0.846. The first-order valence-electron chi connectivity index (χ1n) is 7.43. The Balaban J connectivity index is 2.18. The van der Waals surface area contributed by atoms with Crippen LogP contribution in [-0.4, -0.2) is 0 Å². The average molecular weight is 245 g/mol. The lowest BCUT2D eigenvalue weighted by molar-refractivity contribution is 0.184. The Morgan fingerprint density at radius 2 is 1.94 bits per heavy atom. The zero-order valence-corrected chi connectivity index (χ0v) is 12.1. The van der Waals surface area contributed by atoms with Crippen molar-refractivity contribution >= 4 is 0 Å². The number of aryl methyl sites for hydroxylation is 1. The molecule has 0 spiro atoms. The lowest BCUT2D eigenvalue weighted by atomic mass is 9.69. The molecule has 0 bridgehead atoms. The first kappa shape index (κ1) is 13.6. The Morgan fingerprint density at radius 1 is 1.28 bits per heavy atom. The lowest BCUT2D eigenvalue weighted by Crippen LogP contribution is -2.42. The standard InChI is InChI=1S/C17H27N/c1-4-14-7-9-16(10-8-14)17(18)11-5-6-15(12-17)13(2)3/h7-10,13,15H,4-6,11-12,18H2,1-3H3. The smallest absolute Gasteiger partial charge is 0.0412 e. The molecule has 1 nitrogen and oxygen atoms in total. The third-order valence-corrected chi connectivity index (χ3v) is 4.70. The van der Waals surface area contributed by atoms with E-state index < -0.39 is 0 Å². The van der Waals surface area contributed by atoms with Crippen LogP contribution in [0.25, 0.3) is 0 Å². The second-order valence-corrected chi connectivity index (χ2v) is 6.31. The highest BCUT2D eigenvalue weighted by Crippen LogP contribution is 2.40. The molecule has 0 aliphatic heterocycles. The van der Waals surface area contributed by atoms with Crippen LogP contribution in [0.2, 0.25) is 0 Å². The number of nitrogens with two attached hydrogens (primary N) is 1. The highest BCUT2D eigenvalue weighted by Gasteiger charge is 2.35. The molecule has 0 saturated heterocycles. The van der Waals surface area contributed by atoms with Gasteiger partial charge in [-0.1, -0.05) is 57.9 Å². The minimum Gasteiger partial charge on any atom is -0.321 e. The molecular formula is C17H27N. The van der Waals surface area contributed by atoms with Gasteiger partial charge in [0, 0.05) is 5.54 Å². The number of hydrogen-bond donors (Lipinski definition) is 1. The molecule has 1 aliphatic carbocycles. The molecule has 2 rings (SSSR count). The lowest BCUT2D eigenvalue weighted by Gasteiger charge is -2.40. The predicted octanol–water partition coefficient (Wildman–Crippen LogP) is 4.25. The molecule has 0 amide bonds. The van der Waals surface area contributed by atoms with E-state index >= 15 is 0 Å². The van der Waals surface area contributed by atoms with Gasteiger partial charge in [-0.2, -0.15) is 0 Å². The minimum atomic E-state index is -0.0839. The summed E-state index contributed by atoms with van der Waals surface area (Å²) in [7, 11) is 0. The Bertz CT molecular complexity index is 379. The van der Waals surface area contributed by atoms with E-state index in [4.69, 9.17) is 5.73 Å². The highest BCUT2D eigenvalue weighted by molar-refractivity contribution is 5.29. The minimum absolute atomic E-state index is 0.0839. The van der Waals surface area contributed by atoms with Crippen LogP contribution in [0.1, 0.15) is 57.6 Å². The monoisotopic (exact) mass is 245 g/mol. The largest absolute Gasteiger partial charge is 0.321 e. The summed E-state index contributed by atoms with van der Waals surface area (Å²) < 4.78 is 0. The van der Waals surface area contributed by atoms with E-state index in [9.17, 15) is 0 Å². The van der Waals surface area contributed by atoms with Crippen molar-refractivity contribution in [3.63, 3.8) is 0 Å². The second-order valence-electron chi connectivity index (χ2n) is 6.31. The molecule has 0 aromatic heterocycles. The van der Waals surface area contributed by atoms with E-state index in [1.54, 1.807) is 0 Å². The van der Waals surface area contributed by atoms with Gasteiger partial charge in [0.1, 0.15) is 0 Å². The summed E-state index contributed by atoms with van der Waals surface area (Å²) in [6.45, 7) is 6.86. The molecule has 100 valence electrons. The Kier molecular flexibility index (Phi) is 4.11. The third kappa shape index (κ3) is 2.77. The molecule has 2 unspecified atom stereocenters. The van der Waals surface area contributed by atoms with Crippen molar-refractivity contribution in [3.8, 4) is 0 Å². The van der Waals surface area contributed by atoms with E-state index in [1.807, 2.05) is 0 Å². The van der Waals surface area contributed by atoms with Crippen LogP contribution in [0.5, 0.6) is 0 Å². The summed E-state index contributed by atoms with van der Waals surface area (Å²) >= 11 is 0. The van der Waals surface area contributed by atoms with Crippen molar-refractivity contribution in [2.75, 3.05) is 0 Å². The van der Waals surface area contributed by atoms with Crippen molar-refractivity contribution in [2.45, 2.75) is 58.4 Å². The molecule has 1 aromatic carbocycles. The molecule has 2 atom stereocenters. The van der Waals surface area contributed by atoms with Crippen LogP contribution in [0.4, 0.5) is 0 Å². The molecule has 1 aromatic rings. The van der Waals surface area contributed by atoms with E-state index in [0.29, 0.717) is 0 Å². The van der Waals surface area contributed by atoms with E-state index in [1.165, 1.54) is 24.0 Å². The molecule has 1 heteroatoms. The van der Waals surface area contributed by atoms with Gasteiger partial charge in [-0.05, 0) is 42.2 Å². The van der Waals surface area contributed by atoms with Crippen LogP contribution >= 0.6 is 0 Å². The fourth-order valence-electron chi connectivity index (χ4n) is 3.26. The van der Waals surface area contributed by atoms with Crippen LogP contribution in [0.3, 0.4) is 0 Å². The van der Waals surface area contributed by atoms with Gasteiger partial charge in [-0.15, -0.1) is 0 Å². The van der Waals surface area contributed by atoms with Gasteiger partial charge >= 0.3 is 0 Å². The van der Waals surface area contributed by atoms with Crippen LogP contribution in [0, 0.1) is 11.8 Å². The van der Waals surface area contributed by atoms with Gasteiger partial charge in [-0.3, -0.25) is 0 Å². The van der Waals surface area contributed by atoms with Gasteiger partial charge < -0.3 is 5.73 Å². The number of benzene rings is 1. The number of rotatable bonds is 3. The van der Waals surface area contributed by atoms with Crippen molar-refractivity contribution in [3.05, 3.63) is 35.4 Å². The van der Waals surface area contributed by atoms with Gasteiger partial charge in [0.05, 0.1) is 0 Å². The van der Waals surface area contributed by atoms with E-state index in [2.05, 4.69) is 45.0 Å². The Labute approximate surface area is 112 Å².